The largest absolute Gasteiger partial charge is 0.573 e. The molecule has 0 aliphatic rings. The van der Waals surface area contributed by atoms with Gasteiger partial charge in [0.15, 0.2) is 0 Å². The quantitative estimate of drug-likeness (QED) is 0.127. The van der Waals surface area contributed by atoms with Gasteiger partial charge in [0, 0.05) is 32.0 Å². The second-order valence-corrected chi connectivity index (χ2v) is 17.2. The molecule has 0 atom stereocenters. The molecule has 1 radical (unpaired) electrons. The molecule has 0 fully saturated rings. The Hall–Kier alpha value is -9.02. The maximum atomic E-state index is 12.2. The van der Waals surface area contributed by atoms with Crippen molar-refractivity contribution >= 4 is 65.2 Å². The van der Waals surface area contributed by atoms with Gasteiger partial charge in [-0.1, -0.05) is 169 Å². The number of rotatable bonds is 5. The Labute approximate surface area is 437 Å². The number of halogens is 3. The molecule has 7 nitrogen and oxygen atoms in total. The number of para-hydroxylation sites is 4. The first-order chi connectivity index (χ1) is 35.9. The number of pyridine rings is 1. The fourth-order valence-corrected chi connectivity index (χ4v) is 9.35. The predicted octanol–water partition coefficient (Wildman–Crippen LogP) is 13.7. The van der Waals surface area contributed by atoms with Crippen molar-refractivity contribution in [3.8, 4) is 34.1 Å². The molecule has 0 N–H and O–H groups in total. The molecular formula is C63H39F3IrN7-3. The minimum Gasteiger partial charge on any atom is -0.573 e. The molecule has 0 aliphatic carbocycles. The van der Waals surface area contributed by atoms with Gasteiger partial charge < -0.3 is 19.3 Å². The van der Waals surface area contributed by atoms with E-state index in [1.54, 1.807) is 18.2 Å². The van der Waals surface area contributed by atoms with Crippen LogP contribution in [0.4, 0.5) is 13.2 Å². The Morgan fingerprint density at radius 3 is 1.32 bits per heavy atom. The number of benzene rings is 10. The second-order valence-electron chi connectivity index (χ2n) is 17.2. The summed E-state index contributed by atoms with van der Waals surface area (Å²) in [7, 11) is 0. The van der Waals surface area contributed by atoms with Crippen molar-refractivity contribution in [3.05, 3.63) is 267 Å². The van der Waals surface area contributed by atoms with E-state index < -0.39 is 11.9 Å². The first kappa shape index (κ1) is 47.3. The smallest absolute Gasteiger partial charge is 0.431 e. The second kappa shape index (κ2) is 20.2. The van der Waals surface area contributed by atoms with Crippen LogP contribution in [0.25, 0.3) is 99.3 Å². The van der Waals surface area contributed by atoms with Crippen molar-refractivity contribution in [2.24, 2.45) is 0 Å². The number of hydrogen-bond donors (Lipinski definition) is 0. The van der Waals surface area contributed by atoms with Crippen molar-refractivity contribution in [1.82, 2.24) is 24.3 Å². The fourth-order valence-electron chi connectivity index (χ4n) is 9.35. The molecule has 359 valence electrons. The van der Waals surface area contributed by atoms with Gasteiger partial charge in [0.1, 0.15) is 5.69 Å². The maximum absolute atomic E-state index is 12.2. The van der Waals surface area contributed by atoms with Crippen LogP contribution in [-0.4, -0.2) is 19.2 Å². The minimum absolute atomic E-state index is 0. The monoisotopic (exact) mass is 1140 g/mol. The third kappa shape index (κ3) is 9.00. The average molecular weight is 1140 g/mol. The number of imidazole rings is 2. The Bertz CT molecular complexity index is 3810. The van der Waals surface area contributed by atoms with E-state index in [2.05, 4.69) is 252 Å². The SMILES string of the molecule is FC(F)(F)c1cc(-c2ccccn2)[n-]n1.[Ir].[c-]1ccc2ccccc2c1-n1[c-][n+](-c2cccc3ccccc23)c2ccccc21.[c-]1ccc2ccccc2c1-n1[c-][n+](-c2cccc3ccccc23)c2ccccc21. The molecule has 0 saturated heterocycles. The molecule has 14 aromatic rings. The van der Waals surface area contributed by atoms with Crippen molar-refractivity contribution in [2.45, 2.75) is 6.18 Å². The van der Waals surface area contributed by atoms with Gasteiger partial charge in [0.2, 0.25) is 0 Å². The molecule has 0 amide bonds. The van der Waals surface area contributed by atoms with E-state index in [9.17, 15) is 13.2 Å². The number of nitrogens with zero attached hydrogens (tertiary/aromatic N) is 7. The molecule has 0 spiro atoms. The zero-order valence-electron chi connectivity index (χ0n) is 39.1. The zero-order valence-corrected chi connectivity index (χ0v) is 41.5. The summed E-state index contributed by atoms with van der Waals surface area (Å²) in [5.41, 5.74) is 8.22. The van der Waals surface area contributed by atoms with Crippen LogP contribution in [0.15, 0.2) is 237 Å². The Morgan fingerprint density at radius 2 is 0.865 bits per heavy atom. The van der Waals surface area contributed by atoms with E-state index in [4.69, 9.17) is 0 Å². The number of aromatic nitrogens is 7. The van der Waals surface area contributed by atoms with Gasteiger partial charge in [0.25, 0.3) is 12.7 Å². The van der Waals surface area contributed by atoms with Gasteiger partial charge in [-0.05, 0) is 63.3 Å². The molecule has 11 heteroatoms. The Morgan fingerprint density at radius 1 is 0.446 bits per heavy atom. The molecule has 74 heavy (non-hydrogen) atoms. The predicted molar refractivity (Wildman–Crippen MR) is 281 cm³/mol. The standard InChI is InChI=1S/2C27H17N2.C9H5F3N3.Ir/c2*1-3-13-22-20(9-1)11-7-17-24(22)28-19-29(27-16-6-5-15-26(27)28)25-18-8-12-21-10-2-4-14-23(21)25;10-9(11,12)8-5-7(14-15-8)6-3-1-2-4-13-6;/h2*1-17H;1-5H;/q3*-1;. The van der Waals surface area contributed by atoms with Gasteiger partial charge in [-0.25, -0.2) is 0 Å². The van der Waals surface area contributed by atoms with Crippen LogP contribution in [0, 0.1) is 24.8 Å². The van der Waals surface area contributed by atoms with E-state index in [0.717, 1.165) is 61.7 Å². The van der Waals surface area contributed by atoms with E-state index in [1.807, 2.05) is 12.1 Å². The Kier molecular flexibility index (Phi) is 12.9. The van der Waals surface area contributed by atoms with Crippen LogP contribution in [0.2, 0.25) is 0 Å². The van der Waals surface area contributed by atoms with E-state index >= 15 is 0 Å². The van der Waals surface area contributed by atoms with E-state index in [-0.39, 0.29) is 25.8 Å². The molecule has 14 rings (SSSR count). The number of fused-ring (bicyclic) bond motifs is 6. The molecule has 0 unspecified atom stereocenters. The maximum Gasteiger partial charge on any atom is 0.431 e. The number of hydrogen-bond acceptors (Lipinski definition) is 2. The summed E-state index contributed by atoms with van der Waals surface area (Å²) in [4.78, 5) is 3.87. The summed E-state index contributed by atoms with van der Waals surface area (Å²) < 4.78 is 45.2. The topological polar surface area (TPSA) is 57.5 Å². The molecule has 4 aromatic heterocycles. The van der Waals surface area contributed by atoms with Crippen LogP contribution in [0.1, 0.15) is 5.69 Å². The zero-order chi connectivity index (χ0) is 49.3. The van der Waals surface area contributed by atoms with E-state index in [1.165, 1.54) is 38.5 Å². The summed E-state index contributed by atoms with van der Waals surface area (Å²) in [6.45, 7) is 0. The van der Waals surface area contributed by atoms with Gasteiger partial charge in [-0.15, -0.1) is 33.7 Å². The normalized spacial score (nSPS) is 11.3. The van der Waals surface area contributed by atoms with Crippen LogP contribution in [-0.2, 0) is 26.3 Å². The summed E-state index contributed by atoms with van der Waals surface area (Å²) in [6, 6.07) is 84.4. The molecule has 4 heterocycles. The van der Waals surface area contributed by atoms with Crippen molar-refractivity contribution in [2.75, 3.05) is 0 Å². The van der Waals surface area contributed by atoms with Gasteiger partial charge in [-0.3, -0.25) is 14.1 Å². The minimum atomic E-state index is -4.46. The molecule has 0 saturated carbocycles. The molecule has 0 aliphatic heterocycles. The first-order valence-corrected chi connectivity index (χ1v) is 23.5. The van der Waals surface area contributed by atoms with Crippen molar-refractivity contribution < 1.29 is 42.4 Å². The van der Waals surface area contributed by atoms with Gasteiger partial charge >= 0.3 is 6.18 Å². The van der Waals surface area contributed by atoms with Crippen molar-refractivity contribution in [3.63, 3.8) is 0 Å². The van der Waals surface area contributed by atoms with Crippen molar-refractivity contribution in [1.29, 1.82) is 0 Å². The summed E-state index contributed by atoms with van der Waals surface area (Å²) in [6.07, 6.45) is 4.24. The van der Waals surface area contributed by atoms with Crippen LogP contribution in [0.5, 0.6) is 0 Å². The fraction of sp³-hybridized carbons (Fsp3) is 0.0159. The summed E-state index contributed by atoms with van der Waals surface area (Å²) >= 11 is 0. The third-order valence-electron chi connectivity index (χ3n) is 12.7. The van der Waals surface area contributed by atoms with E-state index in [0.29, 0.717) is 5.69 Å². The Balaban J connectivity index is 0.000000125. The summed E-state index contributed by atoms with van der Waals surface area (Å²) in [5, 5.41) is 16.1. The van der Waals surface area contributed by atoms with Crippen LogP contribution in [0.3, 0.4) is 0 Å². The first-order valence-electron chi connectivity index (χ1n) is 23.5. The van der Waals surface area contributed by atoms with Gasteiger partial charge in [0.05, 0.1) is 33.4 Å². The van der Waals surface area contributed by atoms with Gasteiger partial charge in [-0.2, -0.15) is 49.6 Å². The van der Waals surface area contributed by atoms with Crippen LogP contribution >= 0.6 is 0 Å². The third-order valence-corrected chi connectivity index (χ3v) is 12.7. The molecule has 0 bridgehead atoms. The number of alkyl halides is 3. The molecule has 10 aromatic carbocycles. The summed E-state index contributed by atoms with van der Waals surface area (Å²) in [5.74, 6) is 0. The average Bonchev–Trinajstić information content (AvgIpc) is 4.21. The molecular weight excluding hydrogens is 1100 g/mol. The van der Waals surface area contributed by atoms with Crippen LogP contribution < -0.4 is 14.2 Å².